The highest BCUT2D eigenvalue weighted by Crippen LogP contribution is 2.66. The maximum atomic E-state index is 14.0. The van der Waals surface area contributed by atoms with E-state index in [-0.39, 0.29) is 10.8 Å². The highest BCUT2D eigenvalue weighted by molar-refractivity contribution is 5.84. The molecule has 0 aromatic heterocycles. The van der Waals surface area contributed by atoms with Gasteiger partial charge in [-0.25, -0.2) is 0 Å². The van der Waals surface area contributed by atoms with Gasteiger partial charge in [0.15, 0.2) is 0 Å². The first kappa shape index (κ1) is 18.5. The van der Waals surface area contributed by atoms with Crippen LogP contribution >= 0.6 is 0 Å². The van der Waals surface area contributed by atoms with Crippen molar-refractivity contribution in [1.29, 1.82) is 0 Å². The van der Waals surface area contributed by atoms with Crippen molar-refractivity contribution in [3.05, 3.63) is 65.2 Å². The second kappa shape index (κ2) is 6.60. The molecule has 3 heteroatoms. The second-order valence-corrected chi connectivity index (χ2v) is 10.5. The molecular formula is C27H31NO2. The smallest absolute Gasteiger partial charge is 0.229 e. The lowest BCUT2D eigenvalue weighted by Gasteiger charge is -2.62. The number of methoxy groups -OCH3 is 1. The molecule has 5 aliphatic rings. The third kappa shape index (κ3) is 2.74. The fourth-order valence-corrected chi connectivity index (χ4v) is 7.80. The van der Waals surface area contributed by atoms with Gasteiger partial charge in [-0.3, -0.25) is 4.79 Å². The molecule has 4 fully saturated rings. The Kier molecular flexibility index (Phi) is 4.07. The number of hydrogen-bond donors (Lipinski definition) is 0. The number of benzene rings is 2. The molecule has 0 unspecified atom stereocenters. The Balaban J connectivity index is 1.32. The number of amides is 1. The Labute approximate surface area is 179 Å². The van der Waals surface area contributed by atoms with Crippen molar-refractivity contribution in [1.82, 2.24) is 4.90 Å². The van der Waals surface area contributed by atoms with Crippen LogP contribution in [0.1, 0.15) is 55.2 Å². The largest absolute Gasteiger partial charge is 0.497 e. The summed E-state index contributed by atoms with van der Waals surface area (Å²) in [7, 11) is 1.73. The van der Waals surface area contributed by atoms with Crippen LogP contribution in [0.4, 0.5) is 0 Å². The van der Waals surface area contributed by atoms with Crippen molar-refractivity contribution < 1.29 is 9.53 Å². The van der Waals surface area contributed by atoms with Gasteiger partial charge in [0.25, 0.3) is 0 Å². The zero-order valence-electron chi connectivity index (χ0n) is 17.9. The highest BCUT2D eigenvalue weighted by Gasteiger charge is 2.61. The van der Waals surface area contributed by atoms with E-state index in [9.17, 15) is 4.79 Å². The fraction of sp³-hybridized carbons (Fsp3) is 0.519. The van der Waals surface area contributed by atoms with Gasteiger partial charge >= 0.3 is 0 Å². The zero-order valence-corrected chi connectivity index (χ0v) is 17.9. The van der Waals surface area contributed by atoms with E-state index in [0.717, 1.165) is 44.5 Å². The minimum atomic E-state index is -0.143. The van der Waals surface area contributed by atoms with Crippen LogP contribution in [-0.4, -0.2) is 24.5 Å². The van der Waals surface area contributed by atoms with Gasteiger partial charge < -0.3 is 9.64 Å². The summed E-state index contributed by atoms with van der Waals surface area (Å²) < 4.78 is 5.39. The van der Waals surface area contributed by atoms with Crippen LogP contribution < -0.4 is 4.74 Å². The van der Waals surface area contributed by atoms with Gasteiger partial charge in [0, 0.05) is 13.1 Å². The number of fused-ring (bicyclic) bond motifs is 1. The van der Waals surface area contributed by atoms with Crippen LogP contribution in [-0.2, 0) is 23.2 Å². The third-order valence-electron chi connectivity index (χ3n) is 8.64. The molecule has 0 saturated heterocycles. The molecular weight excluding hydrogens is 370 g/mol. The quantitative estimate of drug-likeness (QED) is 0.715. The molecule has 2 atom stereocenters. The van der Waals surface area contributed by atoms with Crippen LogP contribution in [0.25, 0.3) is 0 Å². The Morgan fingerprint density at radius 3 is 2.37 bits per heavy atom. The standard InChI is InChI=1S/C27H31NO2/c1-30-24-8-6-23(7-9-24)26-13-19-12-20(14-26)16-27(15-19,18-26)25(29)28-11-10-21-4-2-3-5-22(21)17-28/h2-9,19-20H,10-18H2,1H3/t19-,20-,26?,27?/m1/s1. The highest BCUT2D eigenvalue weighted by atomic mass is 16.5. The van der Waals surface area contributed by atoms with Crippen molar-refractivity contribution in [3.8, 4) is 5.75 Å². The van der Waals surface area contributed by atoms with E-state index in [2.05, 4.69) is 53.4 Å². The molecule has 1 heterocycles. The number of rotatable bonds is 3. The van der Waals surface area contributed by atoms with Gasteiger partial charge in [-0.05, 0) is 91.0 Å². The second-order valence-electron chi connectivity index (χ2n) is 10.5. The summed E-state index contributed by atoms with van der Waals surface area (Å²) in [6.45, 7) is 1.67. The molecule has 2 aromatic rings. The molecule has 2 aromatic carbocycles. The van der Waals surface area contributed by atoms with E-state index < -0.39 is 0 Å². The van der Waals surface area contributed by atoms with E-state index in [4.69, 9.17) is 4.74 Å². The molecule has 4 bridgehead atoms. The van der Waals surface area contributed by atoms with Gasteiger partial charge in [0.2, 0.25) is 5.91 Å². The van der Waals surface area contributed by atoms with Crippen LogP contribution in [0.5, 0.6) is 5.75 Å². The van der Waals surface area contributed by atoms with Crippen molar-refractivity contribution in [3.63, 3.8) is 0 Å². The molecule has 4 saturated carbocycles. The average Bonchev–Trinajstić information content (AvgIpc) is 2.77. The van der Waals surface area contributed by atoms with Gasteiger partial charge in [-0.1, -0.05) is 36.4 Å². The summed E-state index contributed by atoms with van der Waals surface area (Å²) in [5.74, 6) is 2.77. The normalized spacial score (nSPS) is 34.0. The van der Waals surface area contributed by atoms with Crippen molar-refractivity contribution in [2.45, 2.75) is 56.9 Å². The predicted octanol–water partition coefficient (Wildman–Crippen LogP) is 5.12. The lowest BCUT2D eigenvalue weighted by atomic mass is 9.42. The van der Waals surface area contributed by atoms with E-state index in [1.54, 1.807) is 7.11 Å². The van der Waals surface area contributed by atoms with Crippen LogP contribution in [0.2, 0.25) is 0 Å². The molecule has 7 rings (SSSR count). The minimum absolute atomic E-state index is 0.143. The predicted molar refractivity (Wildman–Crippen MR) is 117 cm³/mol. The van der Waals surface area contributed by atoms with Crippen molar-refractivity contribution in [2.24, 2.45) is 17.3 Å². The molecule has 0 radical (unpaired) electrons. The Morgan fingerprint density at radius 2 is 1.67 bits per heavy atom. The first-order chi connectivity index (χ1) is 14.6. The Hall–Kier alpha value is -2.29. The SMILES string of the molecule is COc1ccc(C23C[C@H]4C[C@@H](CC(C(=O)N5CCc6ccccc6C5)(C4)C2)C3)cc1. The Morgan fingerprint density at radius 1 is 0.967 bits per heavy atom. The van der Waals surface area contributed by atoms with Crippen LogP contribution in [0.3, 0.4) is 0 Å². The van der Waals surface area contributed by atoms with Gasteiger partial charge in [-0.15, -0.1) is 0 Å². The fourth-order valence-electron chi connectivity index (χ4n) is 7.80. The molecule has 0 N–H and O–H groups in total. The minimum Gasteiger partial charge on any atom is -0.497 e. The van der Waals surface area contributed by atoms with Crippen LogP contribution in [0.15, 0.2) is 48.5 Å². The van der Waals surface area contributed by atoms with Crippen molar-refractivity contribution >= 4 is 5.91 Å². The van der Waals surface area contributed by atoms with Crippen molar-refractivity contribution in [2.75, 3.05) is 13.7 Å². The van der Waals surface area contributed by atoms with E-state index in [1.807, 2.05) is 0 Å². The number of ether oxygens (including phenoxy) is 1. The maximum Gasteiger partial charge on any atom is 0.229 e. The summed E-state index contributed by atoms with van der Waals surface area (Å²) >= 11 is 0. The molecule has 1 amide bonds. The summed E-state index contributed by atoms with van der Waals surface area (Å²) in [5.41, 5.74) is 4.22. The molecule has 0 spiro atoms. The molecule has 30 heavy (non-hydrogen) atoms. The first-order valence-corrected chi connectivity index (χ1v) is 11.6. The summed E-state index contributed by atoms with van der Waals surface area (Å²) in [4.78, 5) is 16.2. The molecule has 156 valence electrons. The zero-order chi connectivity index (χ0) is 20.3. The topological polar surface area (TPSA) is 29.5 Å². The third-order valence-corrected chi connectivity index (χ3v) is 8.64. The number of carbonyl (C=O) groups is 1. The number of hydrogen-bond acceptors (Lipinski definition) is 2. The van der Waals surface area contributed by atoms with E-state index in [1.165, 1.54) is 36.0 Å². The summed E-state index contributed by atoms with van der Waals surface area (Å²) in [5, 5.41) is 0. The van der Waals surface area contributed by atoms with Gasteiger partial charge in [0.05, 0.1) is 12.5 Å². The first-order valence-electron chi connectivity index (χ1n) is 11.6. The maximum absolute atomic E-state index is 14.0. The lowest BCUT2D eigenvalue weighted by molar-refractivity contribution is -0.161. The van der Waals surface area contributed by atoms with E-state index in [0.29, 0.717) is 17.7 Å². The number of carbonyl (C=O) groups excluding carboxylic acids is 1. The number of nitrogens with zero attached hydrogens (tertiary/aromatic N) is 1. The monoisotopic (exact) mass is 401 g/mol. The summed E-state index contributed by atoms with van der Waals surface area (Å²) in [6, 6.07) is 17.4. The lowest BCUT2D eigenvalue weighted by Crippen LogP contribution is -2.60. The van der Waals surface area contributed by atoms with Gasteiger partial charge in [-0.2, -0.15) is 0 Å². The Bertz CT molecular complexity index is 965. The molecule has 1 aliphatic heterocycles. The average molecular weight is 402 g/mol. The summed E-state index contributed by atoms with van der Waals surface area (Å²) in [6.07, 6.45) is 8.10. The molecule has 3 nitrogen and oxygen atoms in total. The molecule has 4 aliphatic carbocycles. The van der Waals surface area contributed by atoms with Gasteiger partial charge in [0.1, 0.15) is 5.75 Å². The van der Waals surface area contributed by atoms with E-state index >= 15 is 0 Å². The van der Waals surface area contributed by atoms with Crippen LogP contribution in [0, 0.1) is 17.3 Å².